The van der Waals surface area contributed by atoms with Crippen LogP contribution < -0.4 is 20.9 Å². The van der Waals surface area contributed by atoms with Crippen LogP contribution in [0.25, 0.3) is 0 Å². The van der Waals surface area contributed by atoms with Crippen LogP contribution >= 0.6 is 0 Å². The summed E-state index contributed by atoms with van der Waals surface area (Å²) in [7, 11) is 0. The van der Waals surface area contributed by atoms with Gasteiger partial charge in [0.2, 0.25) is 0 Å². The first kappa shape index (κ1) is 23.2. The maximum atomic E-state index is 13.9. The van der Waals surface area contributed by atoms with Crippen molar-refractivity contribution in [3.8, 4) is 0 Å². The summed E-state index contributed by atoms with van der Waals surface area (Å²) in [4.78, 5) is 27.7. The van der Waals surface area contributed by atoms with Gasteiger partial charge in [-0.3, -0.25) is 4.79 Å². The molecule has 3 amide bonds. The summed E-state index contributed by atoms with van der Waals surface area (Å²) < 4.78 is 27.0. The van der Waals surface area contributed by atoms with Crippen LogP contribution in [0.1, 0.15) is 35.2 Å². The molecule has 0 aliphatic carbocycles. The fourth-order valence-electron chi connectivity index (χ4n) is 3.96. The summed E-state index contributed by atoms with van der Waals surface area (Å²) in [5, 5.41) is 7.93. The van der Waals surface area contributed by atoms with E-state index in [1.54, 1.807) is 12.1 Å². The molecule has 0 unspecified atom stereocenters. The van der Waals surface area contributed by atoms with E-state index >= 15 is 0 Å². The smallest absolute Gasteiger partial charge is 0.323 e. The molecule has 34 heavy (non-hydrogen) atoms. The Bertz CT molecular complexity index is 1160. The highest BCUT2D eigenvalue weighted by Crippen LogP contribution is 2.27. The van der Waals surface area contributed by atoms with E-state index in [0.717, 1.165) is 55.7 Å². The summed E-state index contributed by atoms with van der Waals surface area (Å²) in [6.45, 7) is 2.09. The number of halogens is 2. The lowest BCUT2D eigenvalue weighted by molar-refractivity contribution is 0.0951. The third kappa shape index (κ3) is 5.89. The van der Waals surface area contributed by atoms with Crippen LogP contribution in [0.15, 0.2) is 66.7 Å². The highest BCUT2D eigenvalue weighted by Gasteiger charge is 2.20. The molecule has 3 aromatic rings. The number of anilines is 3. The Kier molecular flexibility index (Phi) is 7.37. The van der Waals surface area contributed by atoms with Gasteiger partial charge in [-0.05, 0) is 55.2 Å². The van der Waals surface area contributed by atoms with Gasteiger partial charge in [-0.1, -0.05) is 30.3 Å². The van der Waals surface area contributed by atoms with Crippen LogP contribution in [0.5, 0.6) is 0 Å². The number of hydrogen-bond donors (Lipinski definition) is 3. The largest absolute Gasteiger partial charge is 0.371 e. The average Bonchev–Trinajstić information content (AvgIpc) is 2.85. The van der Waals surface area contributed by atoms with Crippen LogP contribution in [-0.2, 0) is 6.54 Å². The predicted octanol–water partition coefficient (Wildman–Crippen LogP) is 5.53. The van der Waals surface area contributed by atoms with Crippen LogP contribution in [0.3, 0.4) is 0 Å². The number of carbonyl (C=O) groups excluding carboxylic acids is 2. The molecular weight excluding hydrogens is 438 g/mol. The van der Waals surface area contributed by atoms with Crippen molar-refractivity contribution in [1.29, 1.82) is 0 Å². The minimum absolute atomic E-state index is 0.148. The highest BCUT2D eigenvalue weighted by molar-refractivity contribution is 6.04. The lowest BCUT2D eigenvalue weighted by Crippen LogP contribution is -2.33. The highest BCUT2D eigenvalue weighted by atomic mass is 19.1. The first-order valence-corrected chi connectivity index (χ1v) is 11.2. The number of nitrogens with zero attached hydrogens (tertiary/aromatic N) is 1. The summed E-state index contributed by atoms with van der Waals surface area (Å²) in [5.41, 5.74) is 2.46. The summed E-state index contributed by atoms with van der Waals surface area (Å²) in [6, 6.07) is 16.9. The van der Waals surface area contributed by atoms with Crippen molar-refractivity contribution in [2.45, 2.75) is 25.8 Å². The van der Waals surface area contributed by atoms with E-state index in [1.165, 1.54) is 0 Å². The van der Waals surface area contributed by atoms with E-state index in [4.69, 9.17) is 0 Å². The molecule has 3 N–H and O–H groups in total. The number of carbonyl (C=O) groups is 2. The van der Waals surface area contributed by atoms with E-state index in [1.807, 2.05) is 36.4 Å². The van der Waals surface area contributed by atoms with E-state index < -0.39 is 17.7 Å². The Morgan fingerprint density at radius 2 is 1.62 bits per heavy atom. The number of nitrogens with one attached hydrogen (secondary N) is 3. The maximum absolute atomic E-state index is 13.9. The molecule has 6 nitrogen and oxygen atoms in total. The van der Waals surface area contributed by atoms with Gasteiger partial charge in [-0.25, -0.2) is 13.6 Å². The third-order valence-corrected chi connectivity index (χ3v) is 5.67. The molecule has 1 aliphatic rings. The average molecular weight is 465 g/mol. The SMILES string of the molecule is O=C(Nc1ccc(N2CCCCC2)c(C(=O)NCc2ccccc2)c1)Nc1ccc(F)cc1F. The molecule has 0 aromatic heterocycles. The van der Waals surface area contributed by atoms with Crippen molar-refractivity contribution in [2.75, 3.05) is 28.6 Å². The number of urea groups is 1. The number of hydrogen-bond acceptors (Lipinski definition) is 3. The molecule has 4 rings (SSSR count). The molecule has 0 bridgehead atoms. The number of amides is 3. The van der Waals surface area contributed by atoms with Crippen molar-refractivity contribution in [1.82, 2.24) is 5.32 Å². The van der Waals surface area contributed by atoms with Crippen molar-refractivity contribution < 1.29 is 18.4 Å². The molecule has 3 aromatic carbocycles. The van der Waals surface area contributed by atoms with E-state index in [2.05, 4.69) is 20.9 Å². The Morgan fingerprint density at radius 3 is 2.35 bits per heavy atom. The molecule has 0 saturated carbocycles. The van der Waals surface area contributed by atoms with E-state index in [-0.39, 0.29) is 11.6 Å². The molecule has 1 saturated heterocycles. The Hall–Kier alpha value is -3.94. The van der Waals surface area contributed by atoms with Crippen LogP contribution in [0, 0.1) is 11.6 Å². The minimum Gasteiger partial charge on any atom is -0.371 e. The second kappa shape index (κ2) is 10.8. The molecule has 0 spiro atoms. The number of piperidine rings is 1. The van der Waals surface area contributed by atoms with Gasteiger partial charge in [0, 0.05) is 37.1 Å². The third-order valence-electron chi connectivity index (χ3n) is 5.67. The molecule has 8 heteroatoms. The van der Waals surface area contributed by atoms with Crippen molar-refractivity contribution in [3.63, 3.8) is 0 Å². The number of benzene rings is 3. The topological polar surface area (TPSA) is 73.5 Å². The zero-order valence-corrected chi connectivity index (χ0v) is 18.6. The molecule has 1 heterocycles. The second-order valence-corrected chi connectivity index (χ2v) is 8.15. The molecule has 1 fully saturated rings. The minimum atomic E-state index is -0.878. The van der Waals surface area contributed by atoms with Gasteiger partial charge < -0.3 is 20.9 Å². The first-order chi connectivity index (χ1) is 16.5. The Morgan fingerprint density at radius 1 is 0.853 bits per heavy atom. The van der Waals surface area contributed by atoms with Crippen LogP contribution in [0.2, 0.25) is 0 Å². The van der Waals surface area contributed by atoms with Crippen LogP contribution in [-0.4, -0.2) is 25.0 Å². The van der Waals surface area contributed by atoms with Crippen molar-refractivity contribution in [3.05, 3.63) is 89.5 Å². The molecule has 0 atom stereocenters. The van der Waals surface area contributed by atoms with E-state index in [9.17, 15) is 18.4 Å². The Labute approximate surface area is 197 Å². The lowest BCUT2D eigenvalue weighted by atomic mass is 10.1. The zero-order valence-electron chi connectivity index (χ0n) is 18.6. The van der Waals surface area contributed by atoms with Gasteiger partial charge >= 0.3 is 6.03 Å². The fourth-order valence-corrected chi connectivity index (χ4v) is 3.96. The summed E-state index contributed by atoms with van der Waals surface area (Å²) in [5.74, 6) is -1.86. The van der Waals surface area contributed by atoms with Crippen molar-refractivity contribution >= 4 is 29.0 Å². The normalized spacial score (nSPS) is 13.3. The maximum Gasteiger partial charge on any atom is 0.323 e. The zero-order chi connectivity index (χ0) is 23.9. The summed E-state index contributed by atoms with van der Waals surface area (Å²) in [6.07, 6.45) is 3.26. The lowest BCUT2D eigenvalue weighted by Gasteiger charge is -2.30. The van der Waals surface area contributed by atoms with Crippen molar-refractivity contribution in [2.24, 2.45) is 0 Å². The van der Waals surface area contributed by atoms with Gasteiger partial charge in [-0.2, -0.15) is 0 Å². The molecule has 176 valence electrons. The molecular formula is C26H26F2N4O2. The first-order valence-electron chi connectivity index (χ1n) is 11.2. The van der Waals surface area contributed by atoms with Gasteiger partial charge in [0.05, 0.1) is 11.3 Å². The van der Waals surface area contributed by atoms with Crippen LogP contribution in [0.4, 0.5) is 30.6 Å². The Balaban J connectivity index is 1.52. The number of rotatable bonds is 6. The molecule has 1 aliphatic heterocycles. The standard InChI is InChI=1S/C26H26F2N4O2/c27-19-9-11-23(22(28)15-19)31-26(34)30-20-10-12-24(32-13-5-2-6-14-32)21(16-20)25(33)29-17-18-7-3-1-4-8-18/h1,3-4,7-12,15-16H,2,5-6,13-14,17H2,(H,29,33)(H2,30,31,34). The molecule has 0 radical (unpaired) electrons. The van der Waals surface area contributed by atoms with E-state index in [0.29, 0.717) is 23.9 Å². The quantitative estimate of drug-likeness (QED) is 0.449. The predicted molar refractivity (Wildman–Crippen MR) is 129 cm³/mol. The van der Waals surface area contributed by atoms with Gasteiger partial charge in [0.25, 0.3) is 5.91 Å². The van der Waals surface area contributed by atoms with Gasteiger partial charge in [-0.15, -0.1) is 0 Å². The monoisotopic (exact) mass is 464 g/mol. The van der Waals surface area contributed by atoms with Gasteiger partial charge in [0.1, 0.15) is 11.6 Å². The second-order valence-electron chi connectivity index (χ2n) is 8.15. The summed E-state index contributed by atoms with van der Waals surface area (Å²) >= 11 is 0. The fraction of sp³-hybridized carbons (Fsp3) is 0.231. The van der Waals surface area contributed by atoms with Gasteiger partial charge in [0.15, 0.2) is 0 Å².